The Bertz CT molecular complexity index is 304. The lowest BCUT2D eigenvalue weighted by Gasteiger charge is -2.12. The average Bonchev–Trinajstić information content (AvgIpc) is 2.33. The van der Waals surface area contributed by atoms with Gasteiger partial charge in [-0.15, -0.1) is 0 Å². The highest BCUT2D eigenvalue weighted by Gasteiger charge is 2.17. The van der Waals surface area contributed by atoms with Gasteiger partial charge in [-0.05, 0) is 18.9 Å². The lowest BCUT2D eigenvalue weighted by Crippen LogP contribution is -2.37. The minimum absolute atomic E-state index is 0.0688. The second-order valence-electron chi connectivity index (χ2n) is 3.50. The van der Waals surface area contributed by atoms with E-state index in [4.69, 9.17) is 10.5 Å². The maximum absolute atomic E-state index is 11.7. The van der Waals surface area contributed by atoms with E-state index in [1.54, 1.807) is 6.08 Å². The number of hydrogen-bond acceptors (Lipinski definition) is 4. The smallest absolute Gasteiger partial charge is 0.345 e. The third-order valence-corrected chi connectivity index (χ3v) is 1.93. The van der Waals surface area contributed by atoms with Gasteiger partial charge in [0.2, 0.25) is 0 Å². The van der Waals surface area contributed by atoms with Crippen molar-refractivity contribution in [1.29, 1.82) is 0 Å². The van der Waals surface area contributed by atoms with Gasteiger partial charge in [0.05, 0.1) is 6.61 Å². The molecule has 0 aromatic heterocycles. The molecule has 0 radical (unpaired) electrons. The van der Waals surface area contributed by atoms with Crippen molar-refractivity contribution >= 4 is 5.97 Å². The number of hydrogen-bond donors (Lipinski definition) is 1. The van der Waals surface area contributed by atoms with Gasteiger partial charge >= 0.3 is 12.6 Å². The number of ether oxygens (including phenoxy) is 2. The van der Waals surface area contributed by atoms with Crippen LogP contribution in [-0.4, -0.2) is 31.8 Å². The number of esters is 1. The summed E-state index contributed by atoms with van der Waals surface area (Å²) in [6.07, 6.45) is 6.32. The van der Waals surface area contributed by atoms with E-state index in [2.05, 4.69) is 4.74 Å². The van der Waals surface area contributed by atoms with Crippen LogP contribution in [0.1, 0.15) is 20.3 Å². The van der Waals surface area contributed by atoms with Gasteiger partial charge in [-0.1, -0.05) is 25.2 Å². The van der Waals surface area contributed by atoms with Crippen LogP contribution in [0.4, 0.5) is 8.78 Å². The van der Waals surface area contributed by atoms with Crippen molar-refractivity contribution in [2.45, 2.75) is 32.9 Å². The van der Waals surface area contributed by atoms with Gasteiger partial charge in [0.15, 0.2) is 0 Å². The van der Waals surface area contributed by atoms with E-state index in [1.807, 2.05) is 26.0 Å². The quantitative estimate of drug-likeness (QED) is 0.537. The standard InChI is InChI=1S/C12H19F2NO3/c1-3-5-9(6-4-2)7-17-11(16)10(15)8-18-12(13)14/h3,5-6,10,12H,4,7-8,15H2,1-2H3/b5-3-,9-6+. The molecule has 0 fully saturated rings. The second kappa shape index (κ2) is 9.73. The molecule has 0 aromatic rings. The molecule has 0 rings (SSSR count). The predicted octanol–water partition coefficient (Wildman–Crippen LogP) is 2.01. The van der Waals surface area contributed by atoms with Crippen molar-refractivity contribution < 1.29 is 23.0 Å². The second-order valence-corrected chi connectivity index (χ2v) is 3.50. The Hall–Kier alpha value is -1.27. The van der Waals surface area contributed by atoms with Crippen LogP contribution in [0.15, 0.2) is 23.8 Å². The van der Waals surface area contributed by atoms with Gasteiger partial charge in [0.1, 0.15) is 12.6 Å². The molecule has 0 aliphatic carbocycles. The molecule has 0 aliphatic rings. The van der Waals surface area contributed by atoms with Crippen molar-refractivity contribution in [2.24, 2.45) is 5.73 Å². The van der Waals surface area contributed by atoms with E-state index >= 15 is 0 Å². The predicted molar refractivity (Wildman–Crippen MR) is 64.1 cm³/mol. The molecule has 18 heavy (non-hydrogen) atoms. The molecule has 0 aromatic carbocycles. The first-order valence-electron chi connectivity index (χ1n) is 5.64. The summed E-state index contributed by atoms with van der Waals surface area (Å²) in [7, 11) is 0. The minimum Gasteiger partial charge on any atom is -0.460 e. The van der Waals surface area contributed by atoms with Crippen molar-refractivity contribution in [2.75, 3.05) is 13.2 Å². The summed E-state index contributed by atoms with van der Waals surface area (Å²) in [6, 6.07) is -1.20. The van der Waals surface area contributed by atoms with E-state index in [0.717, 1.165) is 12.0 Å². The van der Waals surface area contributed by atoms with Crippen LogP contribution in [0.3, 0.4) is 0 Å². The van der Waals surface area contributed by atoms with Crippen molar-refractivity contribution in [3.05, 3.63) is 23.8 Å². The van der Waals surface area contributed by atoms with Crippen LogP contribution in [0, 0.1) is 0 Å². The Morgan fingerprint density at radius 3 is 2.61 bits per heavy atom. The molecule has 2 N–H and O–H groups in total. The average molecular weight is 263 g/mol. The summed E-state index contributed by atoms with van der Waals surface area (Å²) in [5.74, 6) is -0.762. The van der Waals surface area contributed by atoms with Gasteiger partial charge in [0, 0.05) is 0 Å². The first kappa shape index (κ1) is 16.7. The Balaban J connectivity index is 4.11. The summed E-state index contributed by atoms with van der Waals surface area (Å²) < 4.78 is 32.3. The molecule has 0 saturated carbocycles. The largest absolute Gasteiger partial charge is 0.460 e. The number of halogens is 2. The fourth-order valence-corrected chi connectivity index (χ4v) is 1.16. The van der Waals surface area contributed by atoms with Crippen molar-refractivity contribution in [3.8, 4) is 0 Å². The first-order valence-corrected chi connectivity index (χ1v) is 5.64. The number of nitrogens with two attached hydrogens (primary N) is 1. The molecule has 104 valence electrons. The van der Waals surface area contributed by atoms with E-state index in [0.29, 0.717) is 0 Å². The van der Waals surface area contributed by atoms with E-state index in [1.165, 1.54) is 0 Å². The molecule has 0 heterocycles. The Labute approximate surface area is 105 Å². The monoisotopic (exact) mass is 263 g/mol. The van der Waals surface area contributed by atoms with E-state index < -0.39 is 25.2 Å². The molecular formula is C12H19F2NO3. The van der Waals surface area contributed by atoms with Gasteiger partial charge in [0.25, 0.3) is 0 Å². The number of allylic oxidation sites excluding steroid dienone is 2. The third kappa shape index (κ3) is 7.92. The van der Waals surface area contributed by atoms with Crippen LogP contribution < -0.4 is 5.73 Å². The zero-order valence-corrected chi connectivity index (χ0v) is 10.6. The highest BCUT2D eigenvalue weighted by Crippen LogP contribution is 2.02. The summed E-state index contributed by atoms with van der Waals surface area (Å²) in [6.45, 7) is 0.357. The van der Waals surface area contributed by atoms with Crippen molar-refractivity contribution in [1.82, 2.24) is 0 Å². The van der Waals surface area contributed by atoms with Crippen LogP contribution in [-0.2, 0) is 14.3 Å². The number of rotatable bonds is 8. The van der Waals surface area contributed by atoms with Gasteiger partial charge < -0.3 is 15.2 Å². The molecule has 0 spiro atoms. The Morgan fingerprint density at radius 2 is 2.11 bits per heavy atom. The molecular weight excluding hydrogens is 244 g/mol. The molecule has 4 nitrogen and oxygen atoms in total. The summed E-state index contributed by atoms with van der Waals surface area (Å²) >= 11 is 0. The molecule has 0 saturated heterocycles. The first-order chi connectivity index (χ1) is 8.51. The number of alkyl halides is 2. The van der Waals surface area contributed by atoms with Crippen molar-refractivity contribution in [3.63, 3.8) is 0 Å². The SMILES string of the molecule is C/C=C\C(=C/CC)COC(=O)C(N)COC(F)F. The summed E-state index contributed by atoms with van der Waals surface area (Å²) in [5.41, 5.74) is 6.16. The number of carbonyl (C=O) groups excluding carboxylic acids is 1. The van der Waals surface area contributed by atoms with Crippen LogP contribution >= 0.6 is 0 Å². The summed E-state index contributed by atoms with van der Waals surface area (Å²) in [5, 5.41) is 0. The maximum atomic E-state index is 11.7. The van der Waals surface area contributed by atoms with Crippen LogP contribution in [0.2, 0.25) is 0 Å². The Kier molecular flexibility index (Phi) is 9.04. The molecule has 0 bridgehead atoms. The van der Waals surface area contributed by atoms with Gasteiger partial charge in [-0.3, -0.25) is 4.79 Å². The fourth-order valence-electron chi connectivity index (χ4n) is 1.16. The Morgan fingerprint density at radius 1 is 1.44 bits per heavy atom. The van der Waals surface area contributed by atoms with E-state index in [9.17, 15) is 13.6 Å². The maximum Gasteiger partial charge on any atom is 0.345 e. The van der Waals surface area contributed by atoms with Gasteiger partial charge in [-0.2, -0.15) is 8.78 Å². The highest BCUT2D eigenvalue weighted by atomic mass is 19.3. The zero-order chi connectivity index (χ0) is 14.0. The number of carbonyl (C=O) groups is 1. The molecule has 1 atom stereocenters. The fraction of sp³-hybridized carbons (Fsp3) is 0.583. The van der Waals surface area contributed by atoms with Gasteiger partial charge in [-0.25, -0.2) is 0 Å². The lowest BCUT2D eigenvalue weighted by atomic mass is 10.2. The van der Waals surface area contributed by atoms with Crippen LogP contribution in [0.5, 0.6) is 0 Å². The molecule has 6 heteroatoms. The topological polar surface area (TPSA) is 61.5 Å². The lowest BCUT2D eigenvalue weighted by molar-refractivity contribution is -0.155. The highest BCUT2D eigenvalue weighted by molar-refractivity contribution is 5.75. The molecule has 1 unspecified atom stereocenters. The molecule has 0 amide bonds. The normalized spacial score (nSPS) is 14.2. The summed E-state index contributed by atoms with van der Waals surface area (Å²) in [4.78, 5) is 11.3. The molecule has 0 aliphatic heterocycles. The zero-order valence-electron chi connectivity index (χ0n) is 10.6. The van der Waals surface area contributed by atoms with Crippen LogP contribution in [0.25, 0.3) is 0 Å². The third-order valence-electron chi connectivity index (χ3n) is 1.93. The minimum atomic E-state index is -2.94. The van der Waals surface area contributed by atoms with E-state index in [-0.39, 0.29) is 6.61 Å².